The second-order valence-corrected chi connectivity index (χ2v) is 6.46. The molecule has 3 fully saturated rings. The lowest BCUT2D eigenvalue weighted by molar-refractivity contribution is -0.218. The van der Waals surface area contributed by atoms with Crippen LogP contribution in [-0.2, 0) is 20.8 Å². The first-order valence-electron chi connectivity index (χ1n) is 8.07. The van der Waals surface area contributed by atoms with Gasteiger partial charge >= 0.3 is 0 Å². The smallest absolute Gasteiger partial charge is 0.257 e. The Balaban J connectivity index is 1.50. The highest BCUT2D eigenvalue weighted by molar-refractivity contribution is 5.85. The van der Waals surface area contributed by atoms with E-state index in [2.05, 4.69) is 0 Å². The van der Waals surface area contributed by atoms with E-state index in [1.807, 2.05) is 30.3 Å². The van der Waals surface area contributed by atoms with Crippen LogP contribution < -0.4 is 0 Å². The number of aliphatic hydroxyl groups is 1. The van der Waals surface area contributed by atoms with Gasteiger partial charge in [0, 0.05) is 19.4 Å². The van der Waals surface area contributed by atoms with Gasteiger partial charge in [-0.25, -0.2) is 0 Å². The third-order valence-electron chi connectivity index (χ3n) is 4.94. The van der Waals surface area contributed by atoms with Gasteiger partial charge in [-0.3, -0.25) is 4.79 Å². The Hall–Kier alpha value is -1.43. The van der Waals surface area contributed by atoms with Gasteiger partial charge in [0.25, 0.3) is 5.91 Å². The molecule has 0 unspecified atom stereocenters. The Morgan fingerprint density at radius 3 is 2.55 bits per heavy atom. The maximum Gasteiger partial charge on any atom is 0.257 e. The molecule has 3 atom stereocenters. The van der Waals surface area contributed by atoms with E-state index in [4.69, 9.17) is 9.47 Å². The van der Waals surface area contributed by atoms with Gasteiger partial charge in [-0.15, -0.1) is 0 Å². The van der Waals surface area contributed by atoms with Crippen molar-refractivity contribution >= 4 is 5.91 Å². The Bertz CT molecular complexity index is 555. The standard InChI is InChI=1S/C17H21NO4/c19-15-13-14(22-17(21-13)9-5-2-6-10-17)16(20)18(15)11-12-7-3-1-4-8-12/h1,3-4,7-8,13-15,19H,2,5-6,9-11H2/t13-,14+,15-/m1/s1. The molecule has 1 spiro atoms. The van der Waals surface area contributed by atoms with E-state index < -0.39 is 24.2 Å². The summed E-state index contributed by atoms with van der Waals surface area (Å²) in [5.74, 6) is -0.799. The van der Waals surface area contributed by atoms with Crippen molar-refractivity contribution in [1.82, 2.24) is 4.90 Å². The van der Waals surface area contributed by atoms with Crippen LogP contribution >= 0.6 is 0 Å². The lowest BCUT2D eigenvalue weighted by Gasteiger charge is -2.34. The van der Waals surface area contributed by atoms with Gasteiger partial charge in [-0.05, 0) is 18.4 Å². The molecule has 0 radical (unpaired) electrons. The third-order valence-corrected chi connectivity index (χ3v) is 4.94. The SMILES string of the molecule is O=C1[C@H]2OC3(CCCCC3)O[C@H]2[C@@H](O)N1Cc1ccccc1. The number of fused-ring (bicyclic) bond motifs is 1. The average molecular weight is 303 g/mol. The third kappa shape index (κ3) is 2.24. The van der Waals surface area contributed by atoms with Gasteiger partial charge in [0.1, 0.15) is 6.10 Å². The van der Waals surface area contributed by atoms with Crippen LogP contribution in [0.5, 0.6) is 0 Å². The molecule has 0 aromatic heterocycles. The summed E-state index contributed by atoms with van der Waals surface area (Å²) in [7, 11) is 0. The highest BCUT2D eigenvalue weighted by Crippen LogP contribution is 2.44. The Morgan fingerprint density at radius 1 is 1.14 bits per heavy atom. The van der Waals surface area contributed by atoms with Crippen molar-refractivity contribution in [2.24, 2.45) is 0 Å². The van der Waals surface area contributed by atoms with Crippen molar-refractivity contribution in [2.45, 2.75) is 62.9 Å². The highest BCUT2D eigenvalue weighted by Gasteiger charge is 2.59. The molecule has 5 heteroatoms. The number of carbonyl (C=O) groups excluding carboxylic acids is 1. The van der Waals surface area contributed by atoms with Crippen molar-refractivity contribution in [3.8, 4) is 0 Å². The minimum atomic E-state index is -0.931. The molecule has 1 N–H and O–H groups in total. The van der Waals surface area contributed by atoms with Crippen molar-refractivity contribution in [2.75, 3.05) is 0 Å². The molecule has 22 heavy (non-hydrogen) atoms. The molecule has 1 aromatic carbocycles. The largest absolute Gasteiger partial charge is 0.371 e. The lowest BCUT2D eigenvalue weighted by Crippen LogP contribution is -2.42. The number of amides is 1. The molecular weight excluding hydrogens is 282 g/mol. The zero-order valence-corrected chi connectivity index (χ0v) is 12.5. The van der Waals surface area contributed by atoms with Crippen molar-refractivity contribution < 1.29 is 19.4 Å². The fourth-order valence-corrected chi connectivity index (χ4v) is 3.79. The van der Waals surface area contributed by atoms with Crippen molar-refractivity contribution in [1.29, 1.82) is 0 Å². The number of likely N-dealkylation sites (tertiary alicyclic amines) is 1. The predicted molar refractivity (Wildman–Crippen MR) is 78.6 cm³/mol. The fraction of sp³-hybridized carbons (Fsp3) is 0.588. The van der Waals surface area contributed by atoms with Crippen LogP contribution in [0.25, 0.3) is 0 Å². The van der Waals surface area contributed by atoms with Crippen LogP contribution in [0.3, 0.4) is 0 Å². The molecule has 2 aliphatic heterocycles. The molecular formula is C17H21NO4. The van der Waals surface area contributed by atoms with E-state index in [0.29, 0.717) is 6.54 Å². The number of carbonyl (C=O) groups is 1. The van der Waals surface area contributed by atoms with E-state index >= 15 is 0 Å². The monoisotopic (exact) mass is 303 g/mol. The summed E-state index contributed by atoms with van der Waals surface area (Å²) < 4.78 is 12.0. The van der Waals surface area contributed by atoms with E-state index in [9.17, 15) is 9.90 Å². The minimum Gasteiger partial charge on any atom is -0.371 e. The van der Waals surface area contributed by atoms with Gasteiger partial charge in [0.2, 0.25) is 0 Å². The molecule has 5 nitrogen and oxygen atoms in total. The van der Waals surface area contributed by atoms with Crippen LogP contribution in [0.1, 0.15) is 37.7 Å². The zero-order valence-electron chi connectivity index (χ0n) is 12.5. The molecule has 1 amide bonds. The summed E-state index contributed by atoms with van der Waals surface area (Å²) >= 11 is 0. The highest BCUT2D eigenvalue weighted by atomic mass is 16.8. The van der Waals surface area contributed by atoms with Crippen LogP contribution in [0, 0.1) is 0 Å². The van der Waals surface area contributed by atoms with Crippen LogP contribution in [0.4, 0.5) is 0 Å². The zero-order chi connectivity index (χ0) is 15.2. The minimum absolute atomic E-state index is 0.163. The first kappa shape index (κ1) is 14.2. The summed E-state index contributed by atoms with van der Waals surface area (Å²) in [6, 6.07) is 9.66. The number of benzene rings is 1. The van der Waals surface area contributed by atoms with Gasteiger partial charge in [-0.1, -0.05) is 36.8 Å². The summed E-state index contributed by atoms with van der Waals surface area (Å²) in [4.78, 5) is 14.0. The second kappa shape index (κ2) is 5.33. The molecule has 4 rings (SSSR count). The first-order chi connectivity index (χ1) is 10.7. The summed E-state index contributed by atoms with van der Waals surface area (Å²) in [5, 5.41) is 10.5. The maximum absolute atomic E-state index is 12.6. The Morgan fingerprint density at radius 2 is 1.86 bits per heavy atom. The molecule has 0 bridgehead atoms. The maximum atomic E-state index is 12.6. The topological polar surface area (TPSA) is 59.0 Å². The van der Waals surface area contributed by atoms with Crippen molar-refractivity contribution in [3.05, 3.63) is 35.9 Å². The molecule has 118 valence electrons. The normalized spacial score (nSPS) is 33.4. The fourth-order valence-electron chi connectivity index (χ4n) is 3.79. The predicted octanol–water partition coefficient (Wildman–Crippen LogP) is 1.79. The molecule has 3 aliphatic rings. The van der Waals surface area contributed by atoms with E-state index in [1.165, 1.54) is 11.3 Å². The van der Waals surface area contributed by atoms with Crippen LogP contribution in [0.2, 0.25) is 0 Å². The number of rotatable bonds is 2. The number of aliphatic hydroxyl groups excluding tert-OH is 1. The van der Waals surface area contributed by atoms with Gasteiger partial charge in [0.05, 0.1) is 0 Å². The second-order valence-electron chi connectivity index (χ2n) is 6.46. The summed E-state index contributed by atoms with van der Waals surface area (Å²) in [5.41, 5.74) is 0.988. The van der Waals surface area contributed by atoms with Gasteiger partial charge in [0.15, 0.2) is 18.1 Å². The van der Waals surface area contributed by atoms with Gasteiger partial charge < -0.3 is 19.5 Å². The molecule has 1 aromatic rings. The van der Waals surface area contributed by atoms with Crippen LogP contribution in [-0.4, -0.2) is 40.1 Å². The van der Waals surface area contributed by atoms with Gasteiger partial charge in [-0.2, -0.15) is 0 Å². The molecule has 2 heterocycles. The molecule has 1 aliphatic carbocycles. The molecule has 1 saturated carbocycles. The number of ether oxygens (including phenoxy) is 2. The van der Waals surface area contributed by atoms with Crippen LogP contribution in [0.15, 0.2) is 30.3 Å². The molecule has 2 saturated heterocycles. The number of hydrogen-bond acceptors (Lipinski definition) is 4. The Labute approximate surface area is 129 Å². The van der Waals surface area contributed by atoms with Crippen molar-refractivity contribution in [3.63, 3.8) is 0 Å². The first-order valence-corrected chi connectivity index (χ1v) is 8.07. The average Bonchev–Trinajstić information content (AvgIpc) is 3.00. The van der Waals surface area contributed by atoms with E-state index in [0.717, 1.165) is 31.2 Å². The quantitative estimate of drug-likeness (QED) is 0.905. The Kier molecular flexibility index (Phi) is 3.44. The number of hydrogen-bond donors (Lipinski definition) is 1. The van der Waals surface area contributed by atoms with E-state index in [1.54, 1.807) is 0 Å². The van der Waals surface area contributed by atoms with E-state index in [-0.39, 0.29) is 5.91 Å². The number of nitrogens with zero attached hydrogens (tertiary/aromatic N) is 1. The summed E-state index contributed by atoms with van der Waals surface area (Å²) in [6.45, 7) is 0.382. The lowest BCUT2D eigenvalue weighted by atomic mass is 9.94. The summed E-state index contributed by atoms with van der Waals surface area (Å²) in [6.07, 6.45) is 2.78.